The van der Waals surface area contributed by atoms with Gasteiger partial charge in [-0.1, -0.05) is 30.3 Å². The van der Waals surface area contributed by atoms with Crippen LogP contribution in [0.1, 0.15) is 10.4 Å². The fourth-order valence-electron chi connectivity index (χ4n) is 2.23. The highest BCUT2D eigenvalue weighted by atomic mass is 16.5. The minimum atomic E-state index is -0.205. The Bertz CT molecular complexity index is 794. The summed E-state index contributed by atoms with van der Waals surface area (Å²) < 4.78 is 5.22. The summed E-state index contributed by atoms with van der Waals surface area (Å²) in [7, 11) is 1.55. The lowest BCUT2D eigenvalue weighted by Crippen LogP contribution is -2.13. The van der Waals surface area contributed by atoms with Crippen molar-refractivity contribution in [1.82, 2.24) is 4.98 Å². The van der Waals surface area contributed by atoms with Crippen molar-refractivity contribution in [2.24, 2.45) is 0 Å². The molecule has 0 spiro atoms. The smallest absolute Gasteiger partial charge is 0.259 e. The quantitative estimate of drug-likeness (QED) is 0.797. The van der Waals surface area contributed by atoms with Gasteiger partial charge in [0.25, 0.3) is 5.91 Å². The second-order valence-corrected chi connectivity index (χ2v) is 4.53. The lowest BCUT2D eigenvalue weighted by molar-refractivity contribution is 0.102. The number of aromatic nitrogens is 1. The molecule has 4 heteroatoms. The second kappa shape index (κ2) is 5.63. The second-order valence-electron chi connectivity index (χ2n) is 4.53. The van der Waals surface area contributed by atoms with Gasteiger partial charge < -0.3 is 10.1 Å². The van der Waals surface area contributed by atoms with Crippen LogP contribution in [0.25, 0.3) is 10.9 Å². The van der Waals surface area contributed by atoms with Crippen LogP contribution in [0.3, 0.4) is 0 Å². The van der Waals surface area contributed by atoms with E-state index in [1.54, 1.807) is 31.5 Å². The van der Waals surface area contributed by atoms with Crippen molar-refractivity contribution in [3.05, 3.63) is 66.4 Å². The average molecular weight is 278 g/mol. The van der Waals surface area contributed by atoms with Gasteiger partial charge in [0, 0.05) is 11.6 Å². The molecule has 0 saturated carbocycles. The predicted molar refractivity (Wildman–Crippen MR) is 82.7 cm³/mol. The molecule has 21 heavy (non-hydrogen) atoms. The van der Waals surface area contributed by atoms with E-state index in [1.807, 2.05) is 36.4 Å². The van der Waals surface area contributed by atoms with Gasteiger partial charge in [-0.25, -0.2) is 0 Å². The molecule has 4 nitrogen and oxygen atoms in total. The summed E-state index contributed by atoms with van der Waals surface area (Å²) in [5.74, 6) is 0.345. The van der Waals surface area contributed by atoms with Gasteiger partial charge in [-0.15, -0.1) is 0 Å². The van der Waals surface area contributed by atoms with Crippen LogP contribution >= 0.6 is 0 Å². The van der Waals surface area contributed by atoms with Crippen LogP contribution in [0.15, 0.2) is 60.8 Å². The third-order valence-corrected chi connectivity index (χ3v) is 3.25. The molecule has 0 unspecified atom stereocenters. The molecule has 0 bridgehead atoms. The summed E-state index contributed by atoms with van der Waals surface area (Å²) >= 11 is 0. The Kier molecular flexibility index (Phi) is 3.51. The van der Waals surface area contributed by atoms with E-state index in [1.165, 1.54) is 0 Å². The van der Waals surface area contributed by atoms with E-state index in [-0.39, 0.29) is 5.91 Å². The average Bonchev–Trinajstić information content (AvgIpc) is 2.55. The Balaban J connectivity index is 1.97. The normalized spacial score (nSPS) is 10.3. The maximum Gasteiger partial charge on any atom is 0.259 e. The minimum absolute atomic E-state index is 0.205. The summed E-state index contributed by atoms with van der Waals surface area (Å²) in [4.78, 5) is 16.7. The highest BCUT2D eigenvalue weighted by Gasteiger charge is 2.12. The van der Waals surface area contributed by atoms with Gasteiger partial charge in [-0.05, 0) is 24.3 Å². The zero-order valence-electron chi connectivity index (χ0n) is 11.5. The molecule has 0 aliphatic carbocycles. The third kappa shape index (κ3) is 2.56. The van der Waals surface area contributed by atoms with Crippen LogP contribution in [0.4, 0.5) is 5.69 Å². The zero-order valence-corrected chi connectivity index (χ0v) is 11.5. The number of benzene rings is 2. The molecule has 3 aromatic rings. The molecule has 3 rings (SSSR count). The van der Waals surface area contributed by atoms with Crippen LogP contribution < -0.4 is 10.1 Å². The number of methoxy groups -OCH3 is 1. The van der Waals surface area contributed by atoms with E-state index < -0.39 is 0 Å². The maximum atomic E-state index is 12.4. The van der Waals surface area contributed by atoms with Crippen molar-refractivity contribution in [2.45, 2.75) is 0 Å². The van der Waals surface area contributed by atoms with Gasteiger partial charge in [0.05, 0.1) is 23.9 Å². The van der Waals surface area contributed by atoms with Crippen molar-refractivity contribution in [2.75, 3.05) is 12.4 Å². The Labute approximate surface area is 122 Å². The number of para-hydroxylation sites is 2. The minimum Gasteiger partial charge on any atom is -0.496 e. The molecule has 0 saturated heterocycles. The number of nitrogens with zero attached hydrogens (tertiary/aromatic N) is 1. The van der Waals surface area contributed by atoms with Crippen molar-refractivity contribution in [1.29, 1.82) is 0 Å². The number of anilines is 1. The van der Waals surface area contributed by atoms with Crippen LogP contribution in [-0.2, 0) is 0 Å². The van der Waals surface area contributed by atoms with E-state index in [0.29, 0.717) is 11.3 Å². The van der Waals surface area contributed by atoms with Gasteiger partial charge in [0.15, 0.2) is 0 Å². The number of ether oxygens (including phenoxy) is 1. The summed E-state index contributed by atoms with van der Waals surface area (Å²) in [6, 6.07) is 16.6. The largest absolute Gasteiger partial charge is 0.496 e. The fraction of sp³-hybridized carbons (Fsp3) is 0.0588. The number of pyridine rings is 1. The number of rotatable bonds is 3. The van der Waals surface area contributed by atoms with E-state index in [4.69, 9.17) is 4.74 Å². The topological polar surface area (TPSA) is 51.2 Å². The van der Waals surface area contributed by atoms with Gasteiger partial charge in [-0.2, -0.15) is 0 Å². The van der Waals surface area contributed by atoms with Gasteiger partial charge >= 0.3 is 0 Å². The van der Waals surface area contributed by atoms with E-state index >= 15 is 0 Å². The number of carbonyl (C=O) groups excluding carboxylic acids is 1. The van der Waals surface area contributed by atoms with Crippen LogP contribution in [0.2, 0.25) is 0 Å². The molecular weight excluding hydrogens is 264 g/mol. The molecule has 0 aliphatic rings. The first-order valence-corrected chi connectivity index (χ1v) is 6.58. The molecule has 1 amide bonds. The molecule has 0 fully saturated rings. The van der Waals surface area contributed by atoms with Crippen molar-refractivity contribution in [3.63, 3.8) is 0 Å². The van der Waals surface area contributed by atoms with Gasteiger partial charge in [-0.3, -0.25) is 9.78 Å². The van der Waals surface area contributed by atoms with E-state index in [9.17, 15) is 4.79 Å². The van der Waals surface area contributed by atoms with Crippen LogP contribution in [-0.4, -0.2) is 18.0 Å². The van der Waals surface area contributed by atoms with Crippen molar-refractivity contribution < 1.29 is 9.53 Å². The summed E-state index contributed by atoms with van der Waals surface area (Å²) in [5.41, 5.74) is 2.08. The van der Waals surface area contributed by atoms with Gasteiger partial charge in [0.1, 0.15) is 5.75 Å². The number of amides is 1. The number of nitrogens with one attached hydrogen (secondary N) is 1. The lowest BCUT2D eigenvalue weighted by atomic mass is 10.1. The molecule has 1 aromatic heterocycles. The summed E-state index contributed by atoms with van der Waals surface area (Å²) in [6.45, 7) is 0. The van der Waals surface area contributed by atoms with E-state index in [2.05, 4.69) is 10.3 Å². The Morgan fingerprint density at radius 3 is 2.67 bits per heavy atom. The van der Waals surface area contributed by atoms with Crippen molar-refractivity contribution in [3.8, 4) is 5.75 Å². The molecular formula is C17H14N2O2. The first-order chi connectivity index (χ1) is 10.3. The Morgan fingerprint density at radius 1 is 1.05 bits per heavy atom. The Morgan fingerprint density at radius 2 is 1.81 bits per heavy atom. The highest BCUT2D eigenvalue weighted by Crippen LogP contribution is 2.23. The van der Waals surface area contributed by atoms with E-state index in [0.717, 1.165) is 16.6 Å². The van der Waals surface area contributed by atoms with Crippen molar-refractivity contribution >= 4 is 22.5 Å². The zero-order chi connectivity index (χ0) is 14.7. The number of hydrogen-bond donors (Lipinski definition) is 1. The number of hydrogen-bond acceptors (Lipinski definition) is 3. The molecule has 104 valence electrons. The molecule has 0 aliphatic heterocycles. The summed E-state index contributed by atoms with van der Waals surface area (Å²) in [6.07, 6.45) is 1.68. The Hall–Kier alpha value is -2.88. The van der Waals surface area contributed by atoms with Crippen LogP contribution in [0.5, 0.6) is 5.75 Å². The van der Waals surface area contributed by atoms with Gasteiger partial charge in [0.2, 0.25) is 0 Å². The van der Waals surface area contributed by atoms with Crippen LogP contribution in [0, 0.1) is 0 Å². The first-order valence-electron chi connectivity index (χ1n) is 6.58. The fourth-order valence-corrected chi connectivity index (χ4v) is 2.23. The molecule has 1 N–H and O–H groups in total. The first kappa shape index (κ1) is 13.1. The standard InChI is InChI=1S/C17H14N2O2/c1-21-16-9-5-3-7-13(16)17(20)19-15-10-11-18-14-8-4-2-6-12(14)15/h2-11H,1H3,(H,18,19,20). The molecule has 1 heterocycles. The number of carbonyl (C=O) groups is 1. The molecule has 0 atom stereocenters. The summed E-state index contributed by atoms with van der Waals surface area (Å²) in [5, 5.41) is 3.82. The maximum absolute atomic E-state index is 12.4. The lowest BCUT2D eigenvalue weighted by Gasteiger charge is -2.10. The predicted octanol–water partition coefficient (Wildman–Crippen LogP) is 3.50. The number of fused-ring (bicyclic) bond motifs is 1. The molecule has 2 aromatic carbocycles. The SMILES string of the molecule is COc1ccccc1C(=O)Nc1ccnc2ccccc12. The third-order valence-electron chi connectivity index (χ3n) is 3.25. The molecule has 0 radical (unpaired) electrons. The monoisotopic (exact) mass is 278 g/mol. The highest BCUT2D eigenvalue weighted by molar-refractivity contribution is 6.09.